The highest BCUT2D eigenvalue weighted by molar-refractivity contribution is 5.62. The van der Waals surface area contributed by atoms with E-state index in [0.29, 0.717) is 17.2 Å². The zero-order valence-electron chi connectivity index (χ0n) is 13.7. The summed E-state index contributed by atoms with van der Waals surface area (Å²) in [6.45, 7) is 0. The van der Waals surface area contributed by atoms with Crippen molar-refractivity contribution in [2.45, 2.75) is 31.8 Å². The van der Waals surface area contributed by atoms with E-state index in [0.717, 1.165) is 31.2 Å². The molecule has 0 spiro atoms. The fourth-order valence-corrected chi connectivity index (χ4v) is 2.84. The van der Waals surface area contributed by atoms with Crippen LogP contribution in [-0.2, 0) is 6.42 Å². The number of aromatic hydroxyl groups is 1. The van der Waals surface area contributed by atoms with Crippen LogP contribution >= 0.6 is 0 Å². The topological polar surface area (TPSA) is 58.9 Å². The van der Waals surface area contributed by atoms with Gasteiger partial charge in [-0.1, -0.05) is 30.7 Å². The summed E-state index contributed by atoms with van der Waals surface area (Å²) in [6, 6.07) is 11.3. The Morgan fingerprint density at radius 1 is 1.12 bits per heavy atom. The van der Waals surface area contributed by atoms with Gasteiger partial charge in [0.1, 0.15) is 5.75 Å². The van der Waals surface area contributed by atoms with Crippen molar-refractivity contribution in [3.8, 4) is 23.0 Å². The molecule has 4 bridgehead atoms. The van der Waals surface area contributed by atoms with E-state index in [-0.39, 0.29) is 5.75 Å². The van der Waals surface area contributed by atoms with Crippen LogP contribution in [0.25, 0.3) is 6.08 Å². The Labute approximate surface area is 142 Å². The minimum Gasteiger partial charge on any atom is -0.504 e. The minimum atomic E-state index is -0.495. The summed E-state index contributed by atoms with van der Waals surface area (Å²) in [6.07, 6.45) is 6.74. The molecule has 0 amide bonds. The number of ether oxygens (including phenoxy) is 2. The van der Waals surface area contributed by atoms with Crippen molar-refractivity contribution >= 4 is 6.08 Å². The molecule has 1 atom stereocenters. The van der Waals surface area contributed by atoms with Crippen molar-refractivity contribution in [3.63, 3.8) is 0 Å². The fraction of sp³-hybridized carbons (Fsp3) is 0.300. The van der Waals surface area contributed by atoms with E-state index in [2.05, 4.69) is 0 Å². The lowest BCUT2D eigenvalue weighted by Gasteiger charge is -2.13. The summed E-state index contributed by atoms with van der Waals surface area (Å²) in [5.41, 5.74) is 1.99. The predicted molar refractivity (Wildman–Crippen MR) is 93.8 cm³/mol. The number of phenols is 1. The highest BCUT2D eigenvalue weighted by atomic mass is 16.5. The molecule has 0 saturated heterocycles. The molecular weight excluding hydrogens is 304 g/mol. The van der Waals surface area contributed by atoms with E-state index >= 15 is 0 Å². The number of benzene rings is 2. The van der Waals surface area contributed by atoms with Crippen molar-refractivity contribution in [1.29, 1.82) is 0 Å². The zero-order chi connectivity index (χ0) is 16.9. The predicted octanol–water partition coefficient (Wildman–Crippen LogP) is 4.29. The number of aryl methyl sites for hydroxylation is 1. The quantitative estimate of drug-likeness (QED) is 0.820. The molecule has 2 aromatic rings. The molecule has 2 heterocycles. The van der Waals surface area contributed by atoms with E-state index in [1.54, 1.807) is 24.3 Å². The van der Waals surface area contributed by atoms with Crippen LogP contribution in [0.4, 0.5) is 0 Å². The maximum Gasteiger partial charge on any atom is 0.203 e. The SMILES string of the molecule is COc1c(O)cc2cc1Oc1ccc(cc1)CCCCC(O)C=C2. The molecule has 2 aromatic carbocycles. The number of hydrogen-bond donors (Lipinski definition) is 2. The molecule has 0 saturated carbocycles. The minimum absolute atomic E-state index is 0.00470. The first-order chi connectivity index (χ1) is 11.7. The Hall–Kier alpha value is -2.46. The van der Waals surface area contributed by atoms with Gasteiger partial charge < -0.3 is 19.7 Å². The third-order valence-electron chi connectivity index (χ3n) is 4.14. The van der Waals surface area contributed by atoms with Gasteiger partial charge in [0.25, 0.3) is 0 Å². The highest BCUT2D eigenvalue weighted by Gasteiger charge is 2.13. The summed E-state index contributed by atoms with van der Waals surface area (Å²) in [5, 5.41) is 20.2. The molecule has 0 fully saturated rings. The first kappa shape index (κ1) is 16.4. The number of rotatable bonds is 1. The van der Waals surface area contributed by atoms with Crippen molar-refractivity contribution in [2.75, 3.05) is 7.11 Å². The van der Waals surface area contributed by atoms with E-state index < -0.39 is 6.10 Å². The number of aliphatic hydroxyl groups excluding tert-OH is 1. The van der Waals surface area contributed by atoms with Crippen molar-refractivity contribution < 1.29 is 19.7 Å². The average molecular weight is 326 g/mol. The van der Waals surface area contributed by atoms with Gasteiger partial charge in [0.15, 0.2) is 11.5 Å². The van der Waals surface area contributed by atoms with Crippen LogP contribution in [0.2, 0.25) is 0 Å². The molecule has 126 valence electrons. The smallest absolute Gasteiger partial charge is 0.203 e. The van der Waals surface area contributed by atoms with Gasteiger partial charge in [-0.3, -0.25) is 0 Å². The largest absolute Gasteiger partial charge is 0.504 e. The van der Waals surface area contributed by atoms with Crippen molar-refractivity contribution in [2.24, 2.45) is 0 Å². The Morgan fingerprint density at radius 2 is 1.92 bits per heavy atom. The number of phenolic OH excluding ortho intramolecular Hbond substituents is 1. The molecule has 4 nitrogen and oxygen atoms in total. The van der Waals surface area contributed by atoms with Crippen LogP contribution < -0.4 is 9.47 Å². The van der Waals surface area contributed by atoms with Gasteiger partial charge in [0, 0.05) is 0 Å². The monoisotopic (exact) mass is 326 g/mol. The Morgan fingerprint density at radius 3 is 2.67 bits per heavy atom. The standard InChI is InChI=1S/C20H22O4/c1-23-20-18(22)12-15-6-9-16(21)5-3-2-4-14-7-10-17(11-8-14)24-19(20)13-15/h6-13,16,21-22H,2-5H2,1H3. The maximum atomic E-state index is 10.2. The molecule has 0 radical (unpaired) electrons. The van der Waals surface area contributed by atoms with E-state index in [1.807, 2.05) is 24.3 Å². The molecule has 24 heavy (non-hydrogen) atoms. The average Bonchev–Trinajstić information content (AvgIpc) is 2.58. The number of hydrogen-bond acceptors (Lipinski definition) is 4. The van der Waals surface area contributed by atoms with Crippen LogP contribution in [-0.4, -0.2) is 23.4 Å². The van der Waals surface area contributed by atoms with Gasteiger partial charge in [0.05, 0.1) is 13.2 Å². The Balaban J connectivity index is 2.02. The number of aliphatic hydroxyl groups is 1. The first-order valence-electron chi connectivity index (χ1n) is 8.20. The second-order valence-corrected chi connectivity index (χ2v) is 5.99. The lowest BCUT2D eigenvalue weighted by molar-refractivity contribution is 0.209. The van der Waals surface area contributed by atoms with Gasteiger partial charge >= 0.3 is 0 Å². The summed E-state index contributed by atoms with van der Waals surface area (Å²) in [5.74, 6) is 1.42. The summed E-state index contributed by atoms with van der Waals surface area (Å²) in [7, 11) is 1.49. The van der Waals surface area contributed by atoms with Crippen LogP contribution in [0.3, 0.4) is 0 Å². The normalized spacial score (nSPS) is 17.7. The molecular formula is C20H22O4. The zero-order valence-corrected chi connectivity index (χ0v) is 13.7. The lowest BCUT2D eigenvalue weighted by Crippen LogP contribution is -2.01. The molecule has 2 aliphatic rings. The number of fused-ring (bicyclic) bond motifs is 7. The van der Waals surface area contributed by atoms with Gasteiger partial charge in [-0.25, -0.2) is 0 Å². The summed E-state index contributed by atoms with van der Waals surface area (Å²) >= 11 is 0. The number of methoxy groups -OCH3 is 1. The van der Waals surface area contributed by atoms with E-state index in [1.165, 1.54) is 12.7 Å². The van der Waals surface area contributed by atoms with Crippen LogP contribution in [0.15, 0.2) is 42.5 Å². The maximum absolute atomic E-state index is 10.2. The van der Waals surface area contributed by atoms with Crippen LogP contribution in [0.5, 0.6) is 23.0 Å². The second kappa shape index (κ2) is 7.41. The summed E-state index contributed by atoms with van der Waals surface area (Å²) < 4.78 is 11.2. The third kappa shape index (κ3) is 3.89. The lowest BCUT2D eigenvalue weighted by atomic mass is 10.0. The van der Waals surface area contributed by atoms with Crippen LogP contribution in [0.1, 0.15) is 30.4 Å². The Kier molecular flexibility index (Phi) is 5.06. The van der Waals surface area contributed by atoms with E-state index in [9.17, 15) is 10.2 Å². The van der Waals surface area contributed by atoms with Gasteiger partial charge in [-0.15, -0.1) is 0 Å². The fourth-order valence-electron chi connectivity index (χ4n) is 2.84. The Bertz CT molecular complexity index is 719. The molecule has 2 N–H and O–H groups in total. The molecule has 1 unspecified atom stereocenters. The van der Waals surface area contributed by atoms with Crippen molar-refractivity contribution in [1.82, 2.24) is 0 Å². The summed E-state index contributed by atoms with van der Waals surface area (Å²) in [4.78, 5) is 0. The van der Waals surface area contributed by atoms with Gasteiger partial charge in [-0.05, 0) is 54.7 Å². The highest BCUT2D eigenvalue weighted by Crippen LogP contribution is 2.40. The molecule has 0 aliphatic carbocycles. The van der Waals surface area contributed by atoms with Crippen LogP contribution in [0, 0.1) is 0 Å². The molecule has 0 aromatic heterocycles. The van der Waals surface area contributed by atoms with Crippen molar-refractivity contribution in [3.05, 3.63) is 53.6 Å². The van der Waals surface area contributed by atoms with E-state index in [4.69, 9.17) is 9.47 Å². The van der Waals surface area contributed by atoms with Gasteiger partial charge in [0.2, 0.25) is 5.75 Å². The second-order valence-electron chi connectivity index (χ2n) is 5.99. The molecule has 4 rings (SSSR count). The molecule has 4 heteroatoms. The first-order valence-corrected chi connectivity index (χ1v) is 8.20. The van der Waals surface area contributed by atoms with Gasteiger partial charge in [-0.2, -0.15) is 0 Å². The third-order valence-corrected chi connectivity index (χ3v) is 4.14. The molecule has 2 aliphatic heterocycles.